The van der Waals surface area contributed by atoms with Gasteiger partial charge in [0, 0.05) is 5.69 Å². The monoisotopic (exact) mass is 493 g/mol. The highest BCUT2D eigenvalue weighted by Crippen LogP contribution is 2.37. The molecular formula is C19H19ClF3N3O5S. The fourth-order valence-corrected chi connectivity index (χ4v) is 3.83. The third kappa shape index (κ3) is 6.76. The highest BCUT2D eigenvalue weighted by molar-refractivity contribution is 7.91. The summed E-state index contributed by atoms with van der Waals surface area (Å²) in [5, 5.41) is 1.71. The molecular weight excluding hydrogens is 475 g/mol. The summed E-state index contributed by atoms with van der Waals surface area (Å²) in [7, 11) is -4.28. The van der Waals surface area contributed by atoms with Crippen molar-refractivity contribution in [3.63, 3.8) is 0 Å². The molecule has 0 aliphatic carbocycles. The Morgan fingerprint density at radius 3 is 2.03 bits per heavy atom. The number of carbonyl (C=O) groups excluding carboxylic acids is 2. The Morgan fingerprint density at radius 1 is 0.938 bits per heavy atom. The zero-order valence-corrected chi connectivity index (χ0v) is 18.6. The molecule has 0 saturated heterocycles. The van der Waals surface area contributed by atoms with Gasteiger partial charge >= 0.3 is 18.3 Å². The van der Waals surface area contributed by atoms with E-state index in [0.717, 1.165) is 24.3 Å². The number of anilines is 1. The number of nitrogens with one attached hydrogen (secondary N) is 3. The number of hydrogen-bond donors (Lipinski definition) is 3. The van der Waals surface area contributed by atoms with Crippen LogP contribution in [0.25, 0.3) is 0 Å². The van der Waals surface area contributed by atoms with E-state index in [1.165, 1.54) is 12.1 Å². The van der Waals surface area contributed by atoms with Gasteiger partial charge in [-0.1, -0.05) is 11.6 Å². The van der Waals surface area contributed by atoms with E-state index in [9.17, 15) is 31.2 Å². The molecule has 0 atom stereocenters. The maximum atomic E-state index is 13.0. The molecule has 3 N–H and O–H groups in total. The van der Waals surface area contributed by atoms with E-state index < -0.39 is 49.2 Å². The van der Waals surface area contributed by atoms with Crippen LogP contribution in [0.4, 0.5) is 28.4 Å². The summed E-state index contributed by atoms with van der Waals surface area (Å²) in [5.74, 6) is 0. The van der Waals surface area contributed by atoms with Gasteiger partial charge in [-0.2, -0.15) is 13.2 Å². The summed E-state index contributed by atoms with van der Waals surface area (Å²) in [4.78, 5) is 22.4. The summed E-state index contributed by atoms with van der Waals surface area (Å²) >= 11 is 5.53. The van der Waals surface area contributed by atoms with Gasteiger partial charge in [0.05, 0.1) is 20.4 Å². The summed E-state index contributed by atoms with van der Waals surface area (Å²) in [6.45, 7) is 4.91. The number of hydrazine groups is 1. The van der Waals surface area contributed by atoms with Gasteiger partial charge in [-0.3, -0.25) is 0 Å². The van der Waals surface area contributed by atoms with Gasteiger partial charge in [0.1, 0.15) is 5.60 Å². The molecule has 0 saturated carbocycles. The molecule has 2 aromatic rings. The minimum absolute atomic E-state index is 0.152. The van der Waals surface area contributed by atoms with Gasteiger partial charge in [0.2, 0.25) is 9.84 Å². The maximum absolute atomic E-state index is 13.0. The maximum Gasteiger partial charge on any atom is 0.426 e. The number of benzene rings is 2. The van der Waals surface area contributed by atoms with Gasteiger partial charge < -0.3 is 10.1 Å². The molecule has 0 aliphatic heterocycles. The van der Waals surface area contributed by atoms with Gasteiger partial charge in [-0.05, 0) is 63.2 Å². The number of rotatable bonds is 3. The SMILES string of the molecule is CC(C)(C)OC(=O)NNC(=O)Nc1ccc(S(=O)(=O)c2ccc(Cl)c(C(F)(F)F)c2)cc1. The molecule has 174 valence electrons. The first kappa shape index (κ1) is 25.3. The third-order valence-electron chi connectivity index (χ3n) is 3.65. The molecule has 0 unspecified atom stereocenters. The quantitative estimate of drug-likeness (QED) is 0.534. The summed E-state index contributed by atoms with van der Waals surface area (Å²) in [5.41, 5.74) is 2.17. The molecule has 0 fully saturated rings. The number of sulfone groups is 1. The topological polar surface area (TPSA) is 114 Å². The molecule has 13 heteroatoms. The second kappa shape index (κ2) is 9.25. The lowest BCUT2D eigenvalue weighted by Crippen LogP contribution is -2.46. The molecule has 2 aromatic carbocycles. The van der Waals surface area contributed by atoms with Crippen molar-refractivity contribution in [3.05, 3.63) is 53.1 Å². The molecule has 0 spiro atoms. The first-order chi connectivity index (χ1) is 14.6. The van der Waals surface area contributed by atoms with Crippen molar-refractivity contribution in [3.8, 4) is 0 Å². The molecule has 0 aliphatic rings. The van der Waals surface area contributed by atoms with Crippen molar-refractivity contribution in [2.75, 3.05) is 5.32 Å². The smallest absolute Gasteiger partial charge is 0.426 e. The first-order valence-electron chi connectivity index (χ1n) is 8.87. The van der Waals surface area contributed by atoms with Crippen molar-refractivity contribution in [2.24, 2.45) is 0 Å². The summed E-state index contributed by atoms with van der Waals surface area (Å²) < 4.78 is 69.4. The number of halogens is 4. The van der Waals surface area contributed by atoms with E-state index in [-0.39, 0.29) is 10.6 Å². The average molecular weight is 494 g/mol. The van der Waals surface area contributed by atoms with Crippen LogP contribution in [0.1, 0.15) is 26.3 Å². The van der Waals surface area contributed by atoms with E-state index in [2.05, 4.69) is 5.32 Å². The van der Waals surface area contributed by atoms with Crippen LogP contribution in [-0.4, -0.2) is 26.1 Å². The highest BCUT2D eigenvalue weighted by Gasteiger charge is 2.34. The minimum atomic E-state index is -4.82. The molecule has 8 nitrogen and oxygen atoms in total. The number of ether oxygens (including phenoxy) is 1. The summed E-state index contributed by atoms with van der Waals surface area (Å²) in [6.07, 6.45) is -5.72. The van der Waals surface area contributed by atoms with Crippen LogP contribution in [0.15, 0.2) is 52.3 Å². The van der Waals surface area contributed by atoms with Gasteiger partial charge in [0.25, 0.3) is 0 Å². The fourth-order valence-electron chi connectivity index (χ4n) is 2.32. The summed E-state index contributed by atoms with van der Waals surface area (Å²) in [6, 6.07) is 6.09. The van der Waals surface area contributed by atoms with Crippen LogP contribution >= 0.6 is 11.6 Å². The molecule has 0 bridgehead atoms. The molecule has 0 radical (unpaired) electrons. The normalized spacial score (nSPS) is 12.1. The predicted octanol–water partition coefficient (Wildman–Crippen LogP) is 4.75. The van der Waals surface area contributed by atoms with E-state index in [4.69, 9.17) is 16.3 Å². The van der Waals surface area contributed by atoms with Crippen molar-refractivity contribution in [2.45, 2.75) is 42.3 Å². The van der Waals surface area contributed by atoms with Crippen LogP contribution in [0.2, 0.25) is 5.02 Å². The fraction of sp³-hybridized carbons (Fsp3) is 0.263. The lowest BCUT2D eigenvalue weighted by molar-refractivity contribution is -0.137. The standard InChI is InChI=1S/C19H19ClF3N3O5S/c1-18(2,3)31-17(28)26-25-16(27)24-11-4-6-12(7-5-11)32(29,30)13-8-9-15(20)14(10-13)19(21,22)23/h4-10H,1-3H3,(H,26,28)(H2,24,25,27). The highest BCUT2D eigenvalue weighted by atomic mass is 35.5. The Morgan fingerprint density at radius 2 is 1.50 bits per heavy atom. The zero-order valence-electron chi connectivity index (χ0n) is 17.0. The van der Waals surface area contributed by atoms with Crippen LogP contribution in [0, 0.1) is 0 Å². The number of hydrogen-bond acceptors (Lipinski definition) is 5. The number of amides is 3. The average Bonchev–Trinajstić information content (AvgIpc) is 2.65. The number of urea groups is 1. The van der Waals surface area contributed by atoms with Crippen LogP contribution < -0.4 is 16.2 Å². The minimum Gasteiger partial charge on any atom is -0.443 e. The van der Waals surface area contributed by atoms with E-state index >= 15 is 0 Å². The van der Waals surface area contributed by atoms with Crippen LogP contribution in [0.5, 0.6) is 0 Å². The zero-order chi connectivity index (χ0) is 24.3. The van der Waals surface area contributed by atoms with Crippen LogP contribution in [-0.2, 0) is 20.8 Å². The first-order valence-corrected chi connectivity index (χ1v) is 10.7. The van der Waals surface area contributed by atoms with Gasteiger partial charge in [-0.25, -0.2) is 28.9 Å². The molecule has 2 rings (SSSR count). The predicted molar refractivity (Wildman–Crippen MR) is 110 cm³/mol. The van der Waals surface area contributed by atoms with Crippen molar-refractivity contribution in [1.29, 1.82) is 0 Å². The van der Waals surface area contributed by atoms with Crippen molar-refractivity contribution in [1.82, 2.24) is 10.9 Å². The Balaban J connectivity index is 2.10. The second-order valence-corrected chi connectivity index (χ2v) is 9.73. The Labute approximate surface area is 187 Å². The molecule has 32 heavy (non-hydrogen) atoms. The van der Waals surface area contributed by atoms with Gasteiger partial charge in [0.15, 0.2) is 0 Å². The molecule has 0 aromatic heterocycles. The van der Waals surface area contributed by atoms with Crippen molar-refractivity contribution >= 4 is 39.2 Å². The van der Waals surface area contributed by atoms with Gasteiger partial charge in [-0.15, -0.1) is 0 Å². The lowest BCUT2D eigenvalue weighted by Gasteiger charge is -2.19. The lowest BCUT2D eigenvalue weighted by atomic mass is 10.2. The molecule has 3 amide bonds. The second-order valence-electron chi connectivity index (χ2n) is 7.37. The Hall–Kier alpha value is -2.99. The van der Waals surface area contributed by atoms with E-state index in [1.807, 2.05) is 10.9 Å². The van der Waals surface area contributed by atoms with E-state index in [1.54, 1.807) is 20.8 Å². The molecule has 0 heterocycles. The number of alkyl halides is 3. The van der Waals surface area contributed by atoms with E-state index in [0.29, 0.717) is 6.07 Å². The number of carbonyl (C=O) groups is 2. The van der Waals surface area contributed by atoms with Crippen molar-refractivity contribution < 1.29 is 35.9 Å². The third-order valence-corrected chi connectivity index (χ3v) is 5.75. The van der Waals surface area contributed by atoms with Crippen LogP contribution in [0.3, 0.4) is 0 Å². The largest absolute Gasteiger partial charge is 0.443 e. The Kier molecular flexibility index (Phi) is 7.30. The Bertz CT molecular complexity index is 1110.